The van der Waals surface area contributed by atoms with Crippen LogP contribution in [0.4, 0.5) is 0 Å². The van der Waals surface area contributed by atoms with Crippen LogP contribution in [0.25, 0.3) is 0 Å². The molecule has 1 aromatic heterocycles. The lowest BCUT2D eigenvalue weighted by molar-refractivity contribution is -0.0104. The maximum absolute atomic E-state index is 12.4. The zero-order valence-corrected chi connectivity index (χ0v) is 11.3. The summed E-state index contributed by atoms with van der Waals surface area (Å²) in [5, 5.41) is 10.8. The predicted octanol–water partition coefficient (Wildman–Crippen LogP) is 3.29. The summed E-state index contributed by atoms with van der Waals surface area (Å²) in [5.74, 6) is 0.526. The van der Waals surface area contributed by atoms with Crippen LogP contribution >= 0.6 is 0 Å². The molecule has 1 saturated carbocycles. The van der Waals surface area contributed by atoms with Gasteiger partial charge in [-0.15, -0.1) is 0 Å². The maximum atomic E-state index is 12.4. The summed E-state index contributed by atoms with van der Waals surface area (Å²) in [6.07, 6.45) is 5.16. The number of hydrogen-bond donors (Lipinski definition) is 1. The third-order valence-electron chi connectivity index (χ3n) is 3.87. The van der Waals surface area contributed by atoms with E-state index in [2.05, 4.69) is 20.8 Å². The van der Waals surface area contributed by atoms with E-state index >= 15 is 0 Å². The molecule has 1 aromatic rings. The van der Waals surface area contributed by atoms with Gasteiger partial charge in [0.1, 0.15) is 6.26 Å². The highest BCUT2D eigenvalue weighted by atomic mass is 16.3. The fraction of sp³-hybridized carbons (Fsp3) is 0.667. The van der Waals surface area contributed by atoms with Crippen LogP contribution in [-0.2, 0) is 0 Å². The monoisotopic (exact) mass is 250 g/mol. The summed E-state index contributed by atoms with van der Waals surface area (Å²) in [6, 6.07) is 1.68. The van der Waals surface area contributed by atoms with Crippen LogP contribution in [0.3, 0.4) is 0 Å². The molecule has 2 rings (SSSR count). The van der Waals surface area contributed by atoms with Gasteiger partial charge in [-0.3, -0.25) is 4.79 Å². The summed E-state index contributed by atoms with van der Waals surface area (Å²) < 4.78 is 4.97. The molecule has 0 aliphatic heterocycles. The standard InChI is InChI=1S/C15H22O3/c1-10(2)7-15(17)8-11(3)6-13(15)14(16)12-4-5-18-9-12/h4-5,9-11,13,17H,6-8H2,1-3H3/t11-,13-,15-/m1/s1. The normalized spacial score (nSPS) is 32.1. The van der Waals surface area contributed by atoms with Gasteiger partial charge >= 0.3 is 0 Å². The van der Waals surface area contributed by atoms with Crippen molar-refractivity contribution in [1.82, 2.24) is 0 Å². The minimum absolute atomic E-state index is 0.0243. The number of ketones is 1. The fourth-order valence-electron chi connectivity index (χ4n) is 3.34. The highest BCUT2D eigenvalue weighted by Crippen LogP contribution is 2.44. The largest absolute Gasteiger partial charge is 0.472 e. The second kappa shape index (κ2) is 4.88. The zero-order valence-electron chi connectivity index (χ0n) is 11.3. The van der Waals surface area contributed by atoms with Crippen LogP contribution in [0.1, 0.15) is 50.4 Å². The molecule has 18 heavy (non-hydrogen) atoms. The van der Waals surface area contributed by atoms with Gasteiger partial charge < -0.3 is 9.52 Å². The second-order valence-electron chi connectivity index (χ2n) is 6.18. The van der Waals surface area contributed by atoms with Gasteiger partial charge in [0, 0.05) is 0 Å². The van der Waals surface area contributed by atoms with Gasteiger partial charge in [-0.25, -0.2) is 0 Å². The van der Waals surface area contributed by atoms with Crippen molar-refractivity contribution in [3.8, 4) is 0 Å². The lowest BCUT2D eigenvalue weighted by Gasteiger charge is -2.30. The third-order valence-corrected chi connectivity index (χ3v) is 3.87. The summed E-state index contributed by atoms with van der Waals surface area (Å²) in [5.41, 5.74) is -0.265. The fourth-order valence-corrected chi connectivity index (χ4v) is 3.34. The quantitative estimate of drug-likeness (QED) is 0.834. The zero-order chi connectivity index (χ0) is 13.3. The summed E-state index contributed by atoms with van der Waals surface area (Å²) in [6.45, 7) is 6.27. The van der Waals surface area contributed by atoms with Crippen molar-refractivity contribution in [3.05, 3.63) is 24.2 Å². The van der Waals surface area contributed by atoms with Crippen molar-refractivity contribution >= 4 is 5.78 Å². The van der Waals surface area contributed by atoms with Crippen molar-refractivity contribution in [2.45, 2.75) is 45.6 Å². The van der Waals surface area contributed by atoms with Crippen molar-refractivity contribution < 1.29 is 14.3 Å². The van der Waals surface area contributed by atoms with Crippen LogP contribution in [0.5, 0.6) is 0 Å². The van der Waals surface area contributed by atoms with Gasteiger partial charge in [0.2, 0.25) is 0 Å². The Bertz CT molecular complexity index is 407. The second-order valence-corrected chi connectivity index (χ2v) is 6.18. The molecule has 1 N–H and O–H groups in total. The van der Waals surface area contributed by atoms with Gasteiger partial charge in [-0.1, -0.05) is 20.8 Å². The molecular weight excluding hydrogens is 228 g/mol. The number of hydrogen-bond acceptors (Lipinski definition) is 3. The highest BCUT2D eigenvalue weighted by molar-refractivity contribution is 5.98. The predicted molar refractivity (Wildman–Crippen MR) is 69.3 cm³/mol. The molecule has 0 radical (unpaired) electrons. The van der Waals surface area contributed by atoms with Crippen molar-refractivity contribution in [2.75, 3.05) is 0 Å². The van der Waals surface area contributed by atoms with E-state index in [1.165, 1.54) is 12.5 Å². The lowest BCUT2D eigenvalue weighted by Crippen LogP contribution is -2.39. The molecule has 0 saturated heterocycles. The molecule has 0 unspecified atom stereocenters. The molecule has 3 atom stereocenters. The Kier molecular flexibility index (Phi) is 3.62. The molecule has 1 aliphatic rings. The molecule has 0 bridgehead atoms. The Labute approximate surface area is 108 Å². The van der Waals surface area contributed by atoms with E-state index in [1.54, 1.807) is 6.07 Å². The van der Waals surface area contributed by atoms with Crippen LogP contribution in [-0.4, -0.2) is 16.5 Å². The first-order chi connectivity index (χ1) is 8.42. The molecule has 3 heteroatoms. The smallest absolute Gasteiger partial charge is 0.172 e. The van der Waals surface area contributed by atoms with E-state index in [0.29, 0.717) is 23.8 Å². The van der Waals surface area contributed by atoms with Crippen molar-refractivity contribution in [3.63, 3.8) is 0 Å². The van der Waals surface area contributed by atoms with E-state index in [-0.39, 0.29) is 11.7 Å². The summed E-state index contributed by atoms with van der Waals surface area (Å²) >= 11 is 0. The Balaban J connectivity index is 2.22. The van der Waals surface area contributed by atoms with Crippen LogP contribution in [0.2, 0.25) is 0 Å². The summed E-state index contributed by atoms with van der Waals surface area (Å²) in [7, 11) is 0. The molecule has 0 amide bonds. The Morgan fingerprint density at radius 1 is 1.61 bits per heavy atom. The van der Waals surface area contributed by atoms with Gasteiger partial charge in [0.15, 0.2) is 5.78 Å². The van der Waals surface area contributed by atoms with Gasteiger partial charge in [-0.2, -0.15) is 0 Å². The van der Waals surface area contributed by atoms with Gasteiger partial charge in [0.25, 0.3) is 0 Å². The minimum Gasteiger partial charge on any atom is -0.472 e. The molecule has 3 nitrogen and oxygen atoms in total. The maximum Gasteiger partial charge on any atom is 0.172 e. The number of carbonyl (C=O) groups excluding carboxylic acids is 1. The molecular formula is C15H22O3. The average molecular weight is 250 g/mol. The first-order valence-corrected chi connectivity index (χ1v) is 6.71. The average Bonchev–Trinajstić information content (AvgIpc) is 2.84. The first kappa shape index (κ1) is 13.3. The number of furan rings is 1. The Morgan fingerprint density at radius 2 is 2.33 bits per heavy atom. The number of aliphatic hydroxyl groups is 1. The van der Waals surface area contributed by atoms with E-state index in [4.69, 9.17) is 4.42 Å². The van der Waals surface area contributed by atoms with Gasteiger partial charge in [0.05, 0.1) is 23.3 Å². The topological polar surface area (TPSA) is 50.4 Å². The SMILES string of the molecule is CC(C)C[C@@]1(O)C[C@H](C)C[C@@H]1C(=O)c1ccoc1. The molecule has 0 spiro atoms. The molecule has 1 fully saturated rings. The molecule has 0 aromatic carbocycles. The number of Topliss-reactive ketones (excluding diaryl/α,β-unsaturated/α-hetero) is 1. The van der Waals surface area contributed by atoms with E-state index in [9.17, 15) is 9.90 Å². The van der Waals surface area contributed by atoms with Crippen LogP contribution in [0, 0.1) is 17.8 Å². The number of carbonyl (C=O) groups is 1. The minimum atomic E-state index is -0.845. The molecule has 100 valence electrons. The van der Waals surface area contributed by atoms with Crippen molar-refractivity contribution in [1.29, 1.82) is 0 Å². The number of rotatable bonds is 4. The van der Waals surface area contributed by atoms with Crippen LogP contribution in [0.15, 0.2) is 23.0 Å². The molecule has 1 aliphatic carbocycles. The highest BCUT2D eigenvalue weighted by Gasteiger charge is 2.48. The van der Waals surface area contributed by atoms with E-state index < -0.39 is 5.60 Å². The third kappa shape index (κ3) is 2.51. The van der Waals surface area contributed by atoms with Gasteiger partial charge in [-0.05, 0) is 37.2 Å². The first-order valence-electron chi connectivity index (χ1n) is 6.71. The summed E-state index contributed by atoms with van der Waals surface area (Å²) in [4.78, 5) is 12.4. The molecule has 1 heterocycles. The lowest BCUT2D eigenvalue weighted by atomic mass is 9.80. The van der Waals surface area contributed by atoms with E-state index in [0.717, 1.165) is 12.8 Å². The van der Waals surface area contributed by atoms with E-state index in [1.807, 2.05) is 0 Å². The van der Waals surface area contributed by atoms with Crippen LogP contribution < -0.4 is 0 Å². The Morgan fingerprint density at radius 3 is 2.89 bits per heavy atom. The van der Waals surface area contributed by atoms with Crippen molar-refractivity contribution in [2.24, 2.45) is 17.8 Å². The Hall–Kier alpha value is -1.09.